The van der Waals surface area contributed by atoms with Crippen molar-refractivity contribution >= 4 is 5.91 Å². The fourth-order valence-corrected chi connectivity index (χ4v) is 2.25. The molecule has 2 aromatic carbocycles. The van der Waals surface area contributed by atoms with Crippen molar-refractivity contribution in [3.8, 4) is 5.75 Å². The van der Waals surface area contributed by atoms with E-state index >= 15 is 0 Å². The van der Waals surface area contributed by atoms with Gasteiger partial charge in [-0.1, -0.05) is 30.3 Å². The van der Waals surface area contributed by atoms with Gasteiger partial charge in [0.2, 0.25) is 5.91 Å². The number of amides is 1. The van der Waals surface area contributed by atoms with E-state index in [4.69, 9.17) is 5.73 Å². The van der Waals surface area contributed by atoms with E-state index in [0.717, 1.165) is 6.07 Å². The highest BCUT2D eigenvalue weighted by Gasteiger charge is 2.33. The van der Waals surface area contributed by atoms with Crippen LogP contribution < -0.4 is 10.5 Å². The quantitative estimate of drug-likeness (QED) is 0.854. The zero-order chi connectivity index (χ0) is 17.0. The minimum atomic E-state index is -4.89. The number of halogens is 4. The number of carbonyl (C=O) groups excluding carboxylic acids is 1. The van der Waals surface area contributed by atoms with Crippen molar-refractivity contribution in [3.63, 3.8) is 0 Å². The van der Waals surface area contributed by atoms with Crippen molar-refractivity contribution in [2.24, 2.45) is 5.73 Å². The highest BCUT2D eigenvalue weighted by Crippen LogP contribution is 2.33. The first kappa shape index (κ1) is 16.8. The van der Waals surface area contributed by atoms with Gasteiger partial charge in [-0.05, 0) is 30.2 Å². The van der Waals surface area contributed by atoms with Gasteiger partial charge in [-0.3, -0.25) is 4.79 Å². The maximum absolute atomic E-state index is 13.2. The monoisotopic (exact) mass is 327 g/mol. The zero-order valence-corrected chi connectivity index (χ0v) is 11.8. The van der Waals surface area contributed by atoms with Crippen molar-refractivity contribution in [2.45, 2.75) is 18.7 Å². The molecular weight excluding hydrogens is 314 g/mol. The molecule has 23 heavy (non-hydrogen) atoms. The third-order valence-electron chi connectivity index (χ3n) is 3.19. The normalized spacial score (nSPS) is 12.7. The fourth-order valence-electron chi connectivity index (χ4n) is 2.25. The molecule has 0 aliphatic heterocycles. The summed E-state index contributed by atoms with van der Waals surface area (Å²) in [5.74, 6) is -2.91. The Labute approximate surface area is 129 Å². The molecular formula is C16H13F4NO2. The molecule has 0 saturated heterocycles. The molecule has 2 N–H and O–H groups in total. The van der Waals surface area contributed by atoms with Crippen LogP contribution in [-0.2, 0) is 11.2 Å². The Morgan fingerprint density at radius 3 is 2.43 bits per heavy atom. The van der Waals surface area contributed by atoms with Gasteiger partial charge in [0.25, 0.3) is 0 Å². The van der Waals surface area contributed by atoms with Crippen molar-refractivity contribution in [3.05, 3.63) is 65.5 Å². The molecule has 0 bridgehead atoms. The van der Waals surface area contributed by atoms with E-state index < -0.39 is 29.8 Å². The molecule has 2 rings (SSSR count). The predicted molar refractivity (Wildman–Crippen MR) is 75.2 cm³/mol. The van der Waals surface area contributed by atoms with Crippen LogP contribution in [0.4, 0.5) is 17.6 Å². The van der Waals surface area contributed by atoms with Gasteiger partial charge in [0, 0.05) is 5.56 Å². The van der Waals surface area contributed by atoms with Crippen LogP contribution in [0, 0.1) is 5.82 Å². The Balaban J connectivity index is 2.37. The van der Waals surface area contributed by atoms with Gasteiger partial charge in [0.1, 0.15) is 11.6 Å². The summed E-state index contributed by atoms with van der Waals surface area (Å²) in [4.78, 5) is 11.7. The number of ether oxygens (including phenoxy) is 1. The first-order valence-corrected chi connectivity index (χ1v) is 6.64. The van der Waals surface area contributed by atoms with Crippen LogP contribution in [0.15, 0.2) is 48.5 Å². The molecule has 0 heterocycles. The number of hydrogen-bond acceptors (Lipinski definition) is 2. The summed E-state index contributed by atoms with van der Waals surface area (Å²) in [7, 11) is 0. The second-order valence-corrected chi connectivity index (χ2v) is 4.87. The lowest BCUT2D eigenvalue weighted by molar-refractivity contribution is -0.275. The third kappa shape index (κ3) is 4.70. The van der Waals surface area contributed by atoms with Crippen LogP contribution in [0.25, 0.3) is 0 Å². The van der Waals surface area contributed by atoms with Gasteiger partial charge in [-0.15, -0.1) is 13.2 Å². The second kappa shape index (κ2) is 6.68. The van der Waals surface area contributed by atoms with Crippen molar-refractivity contribution < 1.29 is 27.1 Å². The minimum absolute atomic E-state index is 0.00147. The summed E-state index contributed by atoms with van der Waals surface area (Å²) in [5.41, 5.74) is 5.76. The summed E-state index contributed by atoms with van der Waals surface area (Å²) < 4.78 is 54.6. The molecule has 122 valence electrons. The number of para-hydroxylation sites is 1. The Morgan fingerprint density at radius 2 is 1.83 bits per heavy atom. The van der Waals surface area contributed by atoms with Gasteiger partial charge in [-0.25, -0.2) is 4.39 Å². The van der Waals surface area contributed by atoms with E-state index in [1.807, 2.05) is 0 Å². The minimum Gasteiger partial charge on any atom is -0.405 e. The van der Waals surface area contributed by atoms with Gasteiger partial charge in [0.15, 0.2) is 0 Å². The maximum atomic E-state index is 13.2. The van der Waals surface area contributed by atoms with Gasteiger partial charge < -0.3 is 10.5 Å². The smallest absolute Gasteiger partial charge is 0.405 e. The molecule has 7 heteroatoms. The van der Waals surface area contributed by atoms with E-state index in [2.05, 4.69) is 4.74 Å². The topological polar surface area (TPSA) is 52.3 Å². The molecule has 0 spiro atoms. The van der Waals surface area contributed by atoms with E-state index in [-0.39, 0.29) is 12.0 Å². The molecule has 0 radical (unpaired) electrons. The first-order chi connectivity index (χ1) is 10.8. The average molecular weight is 327 g/mol. The summed E-state index contributed by atoms with van der Waals surface area (Å²) >= 11 is 0. The molecule has 0 aliphatic rings. The number of primary amides is 1. The van der Waals surface area contributed by atoms with Crippen LogP contribution in [0.1, 0.15) is 17.0 Å². The molecule has 2 aromatic rings. The number of rotatable bonds is 5. The molecule has 0 fully saturated rings. The number of benzene rings is 2. The highest BCUT2D eigenvalue weighted by atomic mass is 19.4. The van der Waals surface area contributed by atoms with E-state index in [1.54, 1.807) is 6.07 Å². The lowest BCUT2D eigenvalue weighted by atomic mass is 9.90. The van der Waals surface area contributed by atoms with Crippen molar-refractivity contribution in [1.29, 1.82) is 0 Å². The lowest BCUT2D eigenvalue weighted by Crippen LogP contribution is -2.25. The van der Waals surface area contributed by atoms with Crippen molar-refractivity contribution in [2.75, 3.05) is 0 Å². The molecule has 1 amide bonds. The number of nitrogens with two attached hydrogens (primary N) is 1. The Bertz CT molecular complexity index is 700. The van der Waals surface area contributed by atoms with Gasteiger partial charge in [-0.2, -0.15) is 0 Å². The predicted octanol–water partition coefficient (Wildman–Crippen LogP) is 3.54. The zero-order valence-electron chi connectivity index (χ0n) is 11.8. The lowest BCUT2D eigenvalue weighted by Gasteiger charge is -2.19. The number of hydrogen-bond donors (Lipinski definition) is 1. The summed E-state index contributed by atoms with van der Waals surface area (Å²) in [6.07, 6.45) is -4.93. The first-order valence-electron chi connectivity index (χ1n) is 6.64. The van der Waals surface area contributed by atoms with Crippen LogP contribution in [0.2, 0.25) is 0 Å². The molecule has 0 aromatic heterocycles. The van der Waals surface area contributed by atoms with Crippen LogP contribution in [0.3, 0.4) is 0 Å². The summed E-state index contributed by atoms with van der Waals surface area (Å²) in [6, 6.07) is 10.7. The summed E-state index contributed by atoms with van der Waals surface area (Å²) in [6.45, 7) is 0. The van der Waals surface area contributed by atoms with E-state index in [9.17, 15) is 22.4 Å². The van der Waals surface area contributed by atoms with Crippen LogP contribution >= 0.6 is 0 Å². The Morgan fingerprint density at radius 1 is 1.13 bits per heavy atom. The molecule has 3 nitrogen and oxygen atoms in total. The molecule has 0 aliphatic carbocycles. The van der Waals surface area contributed by atoms with Crippen LogP contribution in [0.5, 0.6) is 5.75 Å². The fraction of sp³-hybridized carbons (Fsp3) is 0.188. The summed E-state index contributed by atoms with van der Waals surface area (Å²) in [5, 5.41) is 0. The Kier molecular flexibility index (Phi) is 4.88. The van der Waals surface area contributed by atoms with Crippen LogP contribution in [-0.4, -0.2) is 12.3 Å². The Hall–Kier alpha value is -2.57. The molecule has 1 unspecified atom stereocenters. The molecule has 0 saturated carbocycles. The SMILES string of the molecule is NC(=O)C(Cc1cccc(F)c1)c1ccccc1OC(F)(F)F. The van der Waals surface area contributed by atoms with E-state index in [1.165, 1.54) is 36.4 Å². The standard InChI is InChI=1S/C16H13F4NO2/c17-11-5-3-4-10(8-11)9-13(15(21)22)12-6-1-2-7-14(12)23-16(18,19)20/h1-8,13H,9H2,(H2,21,22). The third-order valence-corrected chi connectivity index (χ3v) is 3.19. The van der Waals surface area contributed by atoms with Gasteiger partial charge in [0.05, 0.1) is 5.92 Å². The average Bonchev–Trinajstić information content (AvgIpc) is 2.44. The van der Waals surface area contributed by atoms with E-state index in [0.29, 0.717) is 5.56 Å². The largest absolute Gasteiger partial charge is 0.573 e. The highest BCUT2D eigenvalue weighted by molar-refractivity contribution is 5.83. The van der Waals surface area contributed by atoms with Crippen molar-refractivity contribution in [1.82, 2.24) is 0 Å². The number of carbonyl (C=O) groups is 1. The van der Waals surface area contributed by atoms with Gasteiger partial charge >= 0.3 is 6.36 Å². The molecule has 1 atom stereocenters. The maximum Gasteiger partial charge on any atom is 0.573 e. The second-order valence-electron chi connectivity index (χ2n) is 4.87. The number of alkyl halides is 3.